The van der Waals surface area contributed by atoms with Crippen molar-refractivity contribution in [2.75, 3.05) is 19.8 Å². The average Bonchev–Trinajstić information content (AvgIpc) is 2.26. The van der Waals surface area contributed by atoms with Crippen molar-refractivity contribution in [2.45, 2.75) is 13.8 Å². The second-order valence-electron chi connectivity index (χ2n) is 2.58. The SMILES string of the molecule is C=C(C)C(=O)OCCOCC.C=COC=C. The van der Waals surface area contributed by atoms with Crippen molar-refractivity contribution in [3.63, 3.8) is 0 Å². The summed E-state index contributed by atoms with van der Waals surface area (Å²) in [5.41, 5.74) is 0.418. The molecule has 0 aromatic carbocycles. The van der Waals surface area contributed by atoms with Gasteiger partial charge in [0.1, 0.15) is 6.61 Å². The zero-order valence-corrected chi connectivity index (χ0v) is 10.0. The minimum Gasteiger partial charge on any atom is -0.474 e. The normalized spacial score (nSPS) is 8.12. The van der Waals surface area contributed by atoms with Crippen molar-refractivity contribution in [3.05, 3.63) is 37.8 Å². The molecular formula is C12H20O4. The third-order valence-corrected chi connectivity index (χ3v) is 1.21. The van der Waals surface area contributed by atoms with Crippen molar-refractivity contribution in [1.29, 1.82) is 0 Å². The topological polar surface area (TPSA) is 44.8 Å². The smallest absolute Gasteiger partial charge is 0.333 e. The maximum absolute atomic E-state index is 10.7. The Labute approximate surface area is 97.2 Å². The van der Waals surface area contributed by atoms with Gasteiger partial charge in [-0.2, -0.15) is 0 Å². The number of hydrogen-bond donors (Lipinski definition) is 0. The standard InChI is InChI=1S/C8H14O3.C4H6O/c1-4-10-5-6-11-8(9)7(2)3;1-3-5-4-2/h2,4-6H2,1,3H3;3-4H,1-2H2. The van der Waals surface area contributed by atoms with E-state index in [4.69, 9.17) is 9.47 Å². The molecule has 0 radical (unpaired) electrons. The van der Waals surface area contributed by atoms with E-state index in [1.165, 1.54) is 12.5 Å². The van der Waals surface area contributed by atoms with Crippen LogP contribution in [0.25, 0.3) is 0 Å². The van der Waals surface area contributed by atoms with Gasteiger partial charge in [-0.1, -0.05) is 19.7 Å². The summed E-state index contributed by atoms with van der Waals surface area (Å²) in [6, 6.07) is 0. The van der Waals surface area contributed by atoms with E-state index in [-0.39, 0.29) is 5.97 Å². The van der Waals surface area contributed by atoms with E-state index < -0.39 is 0 Å². The van der Waals surface area contributed by atoms with Gasteiger partial charge in [0.05, 0.1) is 19.1 Å². The van der Waals surface area contributed by atoms with Crippen LogP contribution in [0.1, 0.15) is 13.8 Å². The molecule has 0 rings (SSSR count). The molecule has 0 heterocycles. The predicted octanol–water partition coefficient (Wildman–Crippen LogP) is 2.43. The summed E-state index contributed by atoms with van der Waals surface area (Å²) in [6.45, 7) is 14.9. The van der Waals surface area contributed by atoms with E-state index in [9.17, 15) is 4.79 Å². The molecule has 0 atom stereocenters. The van der Waals surface area contributed by atoms with Crippen LogP contribution in [0, 0.1) is 0 Å². The predicted molar refractivity (Wildman–Crippen MR) is 63.7 cm³/mol. The molecule has 4 nitrogen and oxygen atoms in total. The summed E-state index contributed by atoms with van der Waals surface area (Å²) in [5.74, 6) is -0.357. The Morgan fingerprint density at radius 3 is 2.12 bits per heavy atom. The van der Waals surface area contributed by atoms with Gasteiger partial charge < -0.3 is 14.2 Å². The minimum absolute atomic E-state index is 0.305. The highest BCUT2D eigenvalue weighted by atomic mass is 16.6. The van der Waals surface area contributed by atoms with Gasteiger partial charge in [0.25, 0.3) is 0 Å². The van der Waals surface area contributed by atoms with E-state index >= 15 is 0 Å². The first kappa shape index (κ1) is 16.9. The van der Waals surface area contributed by atoms with Gasteiger partial charge >= 0.3 is 5.97 Å². The highest BCUT2D eigenvalue weighted by Crippen LogP contribution is 1.91. The quantitative estimate of drug-likeness (QED) is 0.290. The third-order valence-electron chi connectivity index (χ3n) is 1.21. The fourth-order valence-electron chi connectivity index (χ4n) is 0.529. The third kappa shape index (κ3) is 14.9. The van der Waals surface area contributed by atoms with Crippen LogP contribution < -0.4 is 0 Å². The van der Waals surface area contributed by atoms with Crippen molar-refractivity contribution in [2.24, 2.45) is 0 Å². The van der Waals surface area contributed by atoms with Crippen LogP contribution in [0.3, 0.4) is 0 Å². The molecule has 0 aromatic heterocycles. The zero-order valence-electron chi connectivity index (χ0n) is 10.0. The van der Waals surface area contributed by atoms with E-state index in [0.717, 1.165) is 0 Å². The molecule has 92 valence electrons. The Kier molecular flexibility index (Phi) is 14.2. The monoisotopic (exact) mass is 228 g/mol. The number of carbonyl (C=O) groups excluding carboxylic acids is 1. The van der Waals surface area contributed by atoms with Crippen LogP contribution in [0.5, 0.6) is 0 Å². The summed E-state index contributed by atoms with van der Waals surface area (Å²) in [7, 11) is 0. The number of ether oxygens (including phenoxy) is 3. The van der Waals surface area contributed by atoms with Crippen LogP contribution in [-0.4, -0.2) is 25.8 Å². The molecule has 0 aromatic rings. The lowest BCUT2D eigenvalue weighted by atomic mass is 10.4. The molecule has 0 N–H and O–H groups in total. The Balaban J connectivity index is 0. The van der Waals surface area contributed by atoms with Gasteiger partial charge in [-0.05, 0) is 13.8 Å². The molecule has 0 saturated carbocycles. The summed E-state index contributed by atoms with van der Waals surface area (Å²) < 4.78 is 14.1. The number of carbonyl (C=O) groups is 1. The van der Waals surface area contributed by atoms with E-state index in [1.54, 1.807) is 6.92 Å². The summed E-state index contributed by atoms with van der Waals surface area (Å²) in [4.78, 5) is 10.7. The minimum atomic E-state index is -0.357. The molecule has 0 bridgehead atoms. The Morgan fingerprint density at radius 2 is 1.81 bits per heavy atom. The lowest BCUT2D eigenvalue weighted by Crippen LogP contribution is -2.10. The second-order valence-corrected chi connectivity index (χ2v) is 2.58. The van der Waals surface area contributed by atoms with Crippen molar-refractivity contribution in [3.8, 4) is 0 Å². The molecule has 0 aliphatic heterocycles. The number of rotatable bonds is 7. The number of esters is 1. The average molecular weight is 228 g/mol. The first-order valence-corrected chi connectivity index (χ1v) is 4.87. The fourth-order valence-corrected chi connectivity index (χ4v) is 0.529. The molecule has 0 aliphatic carbocycles. The van der Waals surface area contributed by atoms with Gasteiger partial charge in [0.15, 0.2) is 0 Å². The first-order chi connectivity index (χ1) is 7.59. The summed E-state index contributed by atoms with van der Waals surface area (Å²) in [6.07, 6.45) is 2.62. The summed E-state index contributed by atoms with van der Waals surface area (Å²) in [5, 5.41) is 0. The second kappa shape index (κ2) is 13.4. The lowest BCUT2D eigenvalue weighted by Gasteiger charge is -2.03. The van der Waals surface area contributed by atoms with Gasteiger partial charge in [0, 0.05) is 12.2 Å². The Morgan fingerprint density at radius 1 is 1.25 bits per heavy atom. The van der Waals surface area contributed by atoms with Crippen LogP contribution in [0.4, 0.5) is 0 Å². The lowest BCUT2D eigenvalue weighted by molar-refractivity contribution is -0.140. The maximum atomic E-state index is 10.7. The van der Waals surface area contributed by atoms with Gasteiger partial charge in [-0.25, -0.2) is 4.79 Å². The molecule has 0 amide bonds. The van der Waals surface area contributed by atoms with E-state index in [2.05, 4.69) is 24.5 Å². The van der Waals surface area contributed by atoms with Crippen LogP contribution in [0.15, 0.2) is 37.8 Å². The molecule has 0 unspecified atom stereocenters. The fraction of sp³-hybridized carbons (Fsp3) is 0.417. The van der Waals surface area contributed by atoms with Crippen molar-refractivity contribution >= 4 is 5.97 Å². The Hall–Kier alpha value is -1.55. The van der Waals surface area contributed by atoms with Crippen LogP contribution >= 0.6 is 0 Å². The molecule has 0 saturated heterocycles. The van der Waals surface area contributed by atoms with Gasteiger partial charge in [0.2, 0.25) is 0 Å². The highest BCUT2D eigenvalue weighted by molar-refractivity contribution is 5.86. The summed E-state index contributed by atoms with van der Waals surface area (Å²) >= 11 is 0. The van der Waals surface area contributed by atoms with Gasteiger partial charge in [-0.15, -0.1) is 0 Å². The van der Waals surface area contributed by atoms with E-state index in [0.29, 0.717) is 25.4 Å². The van der Waals surface area contributed by atoms with Crippen LogP contribution in [-0.2, 0) is 19.0 Å². The molecule has 4 heteroatoms. The largest absolute Gasteiger partial charge is 0.474 e. The zero-order chi connectivity index (χ0) is 12.8. The Bertz CT molecular complexity index is 215. The van der Waals surface area contributed by atoms with Crippen molar-refractivity contribution in [1.82, 2.24) is 0 Å². The van der Waals surface area contributed by atoms with Crippen LogP contribution in [0.2, 0.25) is 0 Å². The maximum Gasteiger partial charge on any atom is 0.333 e. The molecule has 0 aliphatic rings. The van der Waals surface area contributed by atoms with E-state index in [1.807, 2.05) is 6.92 Å². The molecular weight excluding hydrogens is 208 g/mol. The van der Waals surface area contributed by atoms with Gasteiger partial charge in [-0.3, -0.25) is 0 Å². The first-order valence-electron chi connectivity index (χ1n) is 4.87. The molecule has 0 fully saturated rings. The molecule has 0 spiro atoms. The van der Waals surface area contributed by atoms with Crippen molar-refractivity contribution < 1.29 is 19.0 Å². The molecule has 16 heavy (non-hydrogen) atoms. The highest BCUT2D eigenvalue weighted by Gasteiger charge is 2.00. The number of hydrogen-bond acceptors (Lipinski definition) is 4.